The lowest BCUT2D eigenvalue weighted by Gasteiger charge is -2.35. The van der Waals surface area contributed by atoms with Crippen LogP contribution in [0.15, 0.2) is 11.0 Å². The number of carbonyl (C=O) groups excluding carboxylic acids is 3. The largest absolute Gasteiger partial charge is 0.392 e. The van der Waals surface area contributed by atoms with Crippen LogP contribution in [0.2, 0.25) is 0 Å². The lowest BCUT2D eigenvalue weighted by Crippen LogP contribution is -2.48. The normalized spacial score (nSPS) is 33.9. The quantitative estimate of drug-likeness (QED) is 0.468. The molecule has 0 bridgehead atoms. The first-order chi connectivity index (χ1) is 16.5. The number of ketones is 2. The van der Waals surface area contributed by atoms with Crippen molar-refractivity contribution in [2.24, 2.45) is 17.3 Å². The van der Waals surface area contributed by atoms with Crippen LogP contribution in [0.1, 0.15) is 84.3 Å². The number of Topliss-reactive ketones (excluding diaryl/α,β-unsaturated/α-hetero) is 2. The number of nitrogens with one attached hydrogen (secondary N) is 1. The Labute approximate surface area is 218 Å². The van der Waals surface area contributed by atoms with E-state index in [0.717, 1.165) is 16.3 Å². The first kappa shape index (κ1) is 30.3. The maximum Gasteiger partial charge on any atom is 0.223 e. The van der Waals surface area contributed by atoms with Gasteiger partial charge in [0.05, 0.1) is 46.4 Å². The van der Waals surface area contributed by atoms with E-state index in [0.29, 0.717) is 12.8 Å². The lowest BCUT2D eigenvalue weighted by molar-refractivity contribution is -0.144. The lowest BCUT2D eigenvalue weighted by atomic mass is 9.72. The molecule has 2 rings (SSSR count). The Balaban J connectivity index is 2.38. The molecule has 4 N–H and O–H groups in total. The highest BCUT2D eigenvalue weighted by atomic mass is 32.1. The van der Waals surface area contributed by atoms with Crippen molar-refractivity contribution in [1.82, 2.24) is 10.3 Å². The van der Waals surface area contributed by atoms with E-state index in [4.69, 9.17) is 0 Å². The van der Waals surface area contributed by atoms with Gasteiger partial charge in [-0.15, -0.1) is 11.3 Å². The minimum Gasteiger partial charge on any atom is -0.392 e. The number of aromatic nitrogens is 1. The van der Waals surface area contributed by atoms with Crippen LogP contribution in [0.25, 0.3) is 6.08 Å². The van der Waals surface area contributed by atoms with Crippen molar-refractivity contribution in [3.05, 3.63) is 21.7 Å². The summed E-state index contributed by atoms with van der Waals surface area (Å²) >= 11 is 1.52. The van der Waals surface area contributed by atoms with Gasteiger partial charge < -0.3 is 20.6 Å². The molecule has 8 nitrogen and oxygen atoms in total. The van der Waals surface area contributed by atoms with Crippen LogP contribution < -0.4 is 5.32 Å². The molecule has 36 heavy (non-hydrogen) atoms. The molecule has 0 aromatic carbocycles. The monoisotopic (exact) mass is 522 g/mol. The molecule has 9 heteroatoms. The van der Waals surface area contributed by atoms with Crippen molar-refractivity contribution < 1.29 is 29.7 Å². The molecule has 1 fully saturated rings. The number of carbonyl (C=O) groups is 3. The van der Waals surface area contributed by atoms with E-state index in [9.17, 15) is 29.7 Å². The zero-order valence-electron chi connectivity index (χ0n) is 22.5. The van der Waals surface area contributed by atoms with Crippen LogP contribution in [0.5, 0.6) is 0 Å². The van der Waals surface area contributed by atoms with Crippen LogP contribution in [-0.2, 0) is 14.4 Å². The van der Waals surface area contributed by atoms with E-state index in [2.05, 4.69) is 10.3 Å². The highest BCUT2D eigenvalue weighted by Gasteiger charge is 2.43. The Morgan fingerprint density at radius 2 is 1.78 bits per heavy atom. The number of rotatable bonds is 2. The molecule has 0 spiro atoms. The molecule has 1 aromatic rings. The molecule has 1 aliphatic rings. The summed E-state index contributed by atoms with van der Waals surface area (Å²) in [6, 6.07) is -0.430. The standard InChI is InChI=1S/C27H42N2O6S/c1-15(12-19-14-36-18(4)28-19)20-8-10-27(7,35)11-9-21(30)16(2)24(33)17(3)25(34)26(5,6)22(31)13-23(32)29-20/h12,14,16-17,20,22,24,31,33,35H,8-11,13H2,1-7H3,(H,29,32)/b15-12+/t16-,17+,20-,22-,24-,27-/m0/s1. The minimum absolute atomic E-state index is 0.0576. The first-order valence-electron chi connectivity index (χ1n) is 12.6. The highest BCUT2D eigenvalue weighted by molar-refractivity contribution is 7.09. The van der Waals surface area contributed by atoms with E-state index in [1.54, 1.807) is 27.7 Å². The van der Waals surface area contributed by atoms with Crippen LogP contribution in [-0.4, -0.2) is 61.6 Å². The molecule has 0 unspecified atom stereocenters. The van der Waals surface area contributed by atoms with Crippen LogP contribution >= 0.6 is 11.3 Å². The second-order valence-electron chi connectivity index (χ2n) is 11.2. The highest BCUT2D eigenvalue weighted by Crippen LogP contribution is 2.32. The summed E-state index contributed by atoms with van der Waals surface area (Å²) in [7, 11) is 0. The third kappa shape index (κ3) is 7.78. The molecule has 1 saturated heterocycles. The smallest absolute Gasteiger partial charge is 0.223 e. The summed E-state index contributed by atoms with van der Waals surface area (Å²) in [5.74, 6) is -2.78. The predicted octanol–water partition coefficient (Wildman–Crippen LogP) is 3.21. The molecule has 0 saturated carbocycles. The average Bonchev–Trinajstić information content (AvgIpc) is 3.21. The second-order valence-corrected chi connectivity index (χ2v) is 12.2. The number of thiazole rings is 1. The zero-order valence-corrected chi connectivity index (χ0v) is 23.3. The molecule has 6 atom stereocenters. The van der Waals surface area contributed by atoms with E-state index >= 15 is 0 Å². The molecular weight excluding hydrogens is 480 g/mol. The third-order valence-corrected chi connectivity index (χ3v) is 8.36. The molecular formula is C27H42N2O6S. The molecule has 1 aliphatic heterocycles. The fraction of sp³-hybridized carbons (Fsp3) is 0.704. The van der Waals surface area contributed by atoms with Gasteiger partial charge in [-0.1, -0.05) is 27.7 Å². The van der Waals surface area contributed by atoms with Gasteiger partial charge in [-0.2, -0.15) is 0 Å². The molecule has 0 aliphatic carbocycles. The van der Waals surface area contributed by atoms with Crippen molar-refractivity contribution >= 4 is 34.9 Å². The van der Waals surface area contributed by atoms with Crippen molar-refractivity contribution in [2.75, 3.05) is 0 Å². The Morgan fingerprint density at radius 1 is 1.14 bits per heavy atom. The minimum atomic E-state index is -1.31. The Kier molecular flexibility index (Phi) is 10.2. The predicted molar refractivity (Wildman–Crippen MR) is 140 cm³/mol. The van der Waals surface area contributed by atoms with Gasteiger partial charge in [-0.25, -0.2) is 4.98 Å². The van der Waals surface area contributed by atoms with E-state index in [-0.39, 0.29) is 25.0 Å². The summed E-state index contributed by atoms with van der Waals surface area (Å²) in [6.07, 6.45) is 0.0681. The van der Waals surface area contributed by atoms with Gasteiger partial charge in [0.2, 0.25) is 5.91 Å². The van der Waals surface area contributed by atoms with Crippen molar-refractivity contribution in [3.63, 3.8) is 0 Å². The van der Waals surface area contributed by atoms with E-state index in [1.165, 1.54) is 18.3 Å². The summed E-state index contributed by atoms with van der Waals surface area (Å²) in [5, 5.41) is 38.4. The number of nitrogens with zero attached hydrogens (tertiary/aromatic N) is 1. The molecule has 1 aromatic heterocycles. The number of aryl methyl sites for hydroxylation is 1. The van der Waals surface area contributed by atoms with Gasteiger partial charge >= 0.3 is 0 Å². The van der Waals surface area contributed by atoms with Crippen LogP contribution in [0.3, 0.4) is 0 Å². The average molecular weight is 523 g/mol. The topological polar surface area (TPSA) is 137 Å². The Hall–Kier alpha value is -1.94. The van der Waals surface area contributed by atoms with Crippen LogP contribution in [0.4, 0.5) is 0 Å². The molecule has 202 valence electrons. The fourth-order valence-corrected chi connectivity index (χ4v) is 5.18. The fourth-order valence-electron chi connectivity index (χ4n) is 4.61. The molecule has 1 amide bonds. The summed E-state index contributed by atoms with van der Waals surface area (Å²) < 4.78 is 0. The number of aliphatic hydroxyl groups excluding tert-OH is 2. The summed E-state index contributed by atoms with van der Waals surface area (Å²) in [4.78, 5) is 43.4. The number of hydrogen-bond donors (Lipinski definition) is 4. The number of hydrogen-bond acceptors (Lipinski definition) is 8. The number of aliphatic hydroxyl groups is 3. The summed E-state index contributed by atoms with van der Waals surface area (Å²) in [6.45, 7) is 11.7. The second kappa shape index (κ2) is 12.1. The first-order valence-corrected chi connectivity index (χ1v) is 13.5. The van der Waals surface area contributed by atoms with Gasteiger partial charge in [-0.05, 0) is 51.7 Å². The van der Waals surface area contributed by atoms with Gasteiger partial charge in [0.1, 0.15) is 11.6 Å². The SMILES string of the molecule is C/C(=C\c1csc(C)n1)[C@@H]1CC[C@](C)(O)CCC(=O)[C@H](C)[C@H](O)[C@@H](C)C(=O)C(C)(C)[C@@H](O)CC(=O)N1. The van der Waals surface area contributed by atoms with Crippen molar-refractivity contribution in [3.8, 4) is 0 Å². The van der Waals surface area contributed by atoms with Crippen molar-refractivity contribution in [1.29, 1.82) is 0 Å². The van der Waals surface area contributed by atoms with Gasteiger partial charge in [0.25, 0.3) is 0 Å². The maximum absolute atomic E-state index is 13.2. The van der Waals surface area contributed by atoms with E-state index in [1.807, 2.05) is 25.3 Å². The number of amides is 1. The Bertz CT molecular complexity index is 983. The Morgan fingerprint density at radius 3 is 2.36 bits per heavy atom. The van der Waals surface area contributed by atoms with Crippen LogP contribution in [0, 0.1) is 24.2 Å². The van der Waals surface area contributed by atoms with Gasteiger partial charge in [-0.3, -0.25) is 14.4 Å². The third-order valence-electron chi connectivity index (χ3n) is 7.57. The molecule has 0 radical (unpaired) electrons. The van der Waals surface area contributed by atoms with Gasteiger partial charge in [0, 0.05) is 23.6 Å². The zero-order chi connectivity index (χ0) is 27.4. The summed E-state index contributed by atoms with van der Waals surface area (Å²) in [5.41, 5.74) is -0.848. The van der Waals surface area contributed by atoms with E-state index < -0.39 is 52.8 Å². The van der Waals surface area contributed by atoms with Gasteiger partial charge in [0.15, 0.2) is 0 Å². The molecule has 2 heterocycles. The maximum atomic E-state index is 13.2. The van der Waals surface area contributed by atoms with Crippen molar-refractivity contribution in [2.45, 2.75) is 104 Å².